The molecule has 0 saturated heterocycles. The fraction of sp³-hybridized carbons (Fsp3) is 0.190. The van der Waals surface area contributed by atoms with Gasteiger partial charge in [0, 0.05) is 29.9 Å². The summed E-state index contributed by atoms with van der Waals surface area (Å²) in [6.45, 7) is 0. The number of benzene rings is 2. The molecule has 0 spiro atoms. The molecule has 0 atom stereocenters. The number of fused-ring (bicyclic) bond motifs is 2. The Morgan fingerprint density at radius 3 is 2.85 bits per heavy atom. The SMILES string of the molecule is Cn1ncc2c(-c3ccc4cc(NC(=O)C5CC5)ncc4c3)cccc21. The molecular formula is C21H18N4O. The topological polar surface area (TPSA) is 59.8 Å². The van der Waals surface area contributed by atoms with E-state index in [1.165, 1.54) is 0 Å². The average Bonchev–Trinajstić information content (AvgIpc) is 3.45. The molecular weight excluding hydrogens is 324 g/mol. The highest BCUT2D eigenvalue weighted by Gasteiger charge is 2.29. The van der Waals surface area contributed by atoms with Gasteiger partial charge >= 0.3 is 0 Å². The number of anilines is 1. The first-order chi connectivity index (χ1) is 12.7. The van der Waals surface area contributed by atoms with Crippen LogP contribution >= 0.6 is 0 Å². The highest BCUT2D eigenvalue weighted by Crippen LogP contribution is 2.32. The number of rotatable bonds is 3. The molecule has 4 aromatic rings. The molecule has 1 saturated carbocycles. The van der Waals surface area contributed by atoms with Gasteiger partial charge in [-0.05, 0) is 47.6 Å². The van der Waals surface area contributed by atoms with Crippen LogP contribution in [0.3, 0.4) is 0 Å². The Balaban J connectivity index is 1.54. The smallest absolute Gasteiger partial charge is 0.228 e. The summed E-state index contributed by atoms with van der Waals surface area (Å²) < 4.78 is 1.89. The fourth-order valence-corrected chi connectivity index (χ4v) is 3.38. The van der Waals surface area contributed by atoms with Crippen LogP contribution in [0.15, 0.2) is 54.9 Å². The van der Waals surface area contributed by atoms with E-state index in [9.17, 15) is 4.79 Å². The summed E-state index contributed by atoms with van der Waals surface area (Å²) in [6, 6.07) is 14.5. The largest absolute Gasteiger partial charge is 0.310 e. The van der Waals surface area contributed by atoms with Crippen LogP contribution in [-0.4, -0.2) is 20.7 Å². The number of aryl methyl sites for hydroxylation is 1. The van der Waals surface area contributed by atoms with Crippen LogP contribution in [0.1, 0.15) is 12.8 Å². The molecule has 1 N–H and O–H groups in total. The van der Waals surface area contributed by atoms with Gasteiger partial charge in [-0.1, -0.05) is 24.3 Å². The summed E-state index contributed by atoms with van der Waals surface area (Å²) in [6.07, 6.45) is 5.71. The lowest BCUT2D eigenvalue weighted by molar-refractivity contribution is -0.117. The van der Waals surface area contributed by atoms with Crippen LogP contribution in [0.25, 0.3) is 32.8 Å². The number of pyridine rings is 1. The van der Waals surface area contributed by atoms with Crippen molar-refractivity contribution in [1.29, 1.82) is 0 Å². The molecule has 1 fully saturated rings. The number of nitrogens with one attached hydrogen (secondary N) is 1. The zero-order valence-electron chi connectivity index (χ0n) is 14.4. The van der Waals surface area contributed by atoms with E-state index in [0.717, 1.165) is 45.6 Å². The molecule has 128 valence electrons. The third-order valence-corrected chi connectivity index (χ3v) is 5.02. The molecule has 1 aliphatic carbocycles. The van der Waals surface area contributed by atoms with Gasteiger partial charge in [0.25, 0.3) is 0 Å². The third kappa shape index (κ3) is 2.52. The zero-order chi connectivity index (χ0) is 17.7. The third-order valence-electron chi connectivity index (χ3n) is 5.02. The van der Waals surface area contributed by atoms with Gasteiger partial charge in [0.05, 0.1) is 11.7 Å². The summed E-state index contributed by atoms with van der Waals surface area (Å²) in [7, 11) is 1.95. The molecule has 1 amide bonds. The summed E-state index contributed by atoms with van der Waals surface area (Å²) in [5.74, 6) is 0.878. The first kappa shape index (κ1) is 15.1. The Bertz CT molecular complexity index is 1160. The van der Waals surface area contributed by atoms with Crippen molar-refractivity contribution in [2.75, 3.05) is 5.32 Å². The molecule has 2 aromatic carbocycles. The standard InChI is InChI=1S/C21H18N4O/c1-25-19-4-2-3-17(18(19)12-23-25)15-8-7-14-10-20(22-11-16(14)9-15)24-21(26)13-5-6-13/h2-4,7-13H,5-6H2,1H3,(H,22,24,26). The molecule has 0 bridgehead atoms. The van der Waals surface area contributed by atoms with E-state index in [-0.39, 0.29) is 11.8 Å². The number of nitrogens with zero attached hydrogens (tertiary/aromatic N) is 3. The number of carbonyl (C=O) groups excluding carboxylic acids is 1. The number of hydrogen-bond donors (Lipinski definition) is 1. The van der Waals surface area contributed by atoms with Crippen molar-refractivity contribution in [1.82, 2.24) is 14.8 Å². The first-order valence-corrected chi connectivity index (χ1v) is 8.81. The Morgan fingerprint density at radius 2 is 2.00 bits per heavy atom. The van der Waals surface area contributed by atoms with Gasteiger partial charge in [0.1, 0.15) is 5.82 Å². The van der Waals surface area contributed by atoms with Crippen molar-refractivity contribution >= 4 is 33.4 Å². The van der Waals surface area contributed by atoms with Crippen molar-refractivity contribution in [2.24, 2.45) is 13.0 Å². The maximum absolute atomic E-state index is 11.9. The van der Waals surface area contributed by atoms with Crippen LogP contribution in [0.2, 0.25) is 0 Å². The van der Waals surface area contributed by atoms with E-state index in [0.29, 0.717) is 5.82 Å². The minimum absolute atomic E-state index is 0.0803. The summed E-state index contributed by atoms with van der Waals surface area (Å²) in [5.41, 5.74) is 3.40. The van der Waals surface area contributed by atoms with Crippen molar-refractivity contribution in [3.8, 4) is 11.1 Å². The average molecular weight is 342 g/mol. The Morgan fingerprint density at radius 1 is 1.12 bits per heavy atom. The van der Waals surface area contributed by atoms with Gasteiger partial charge < -0.3 is 5.32 Å². The fourth-order valence-electron chi connectivity index (χ4n) is 3.38. The lowest BCUT2D eigenvalue weighted by atomic mass is 9.99. The Kier molecular flexibility index (Phi) is 3.28. The molecule has 0 radical (unpaired) electrons. The van der Waals surface area contributed by atoms with Crippen LogP contribution < -0.4 is 5.32 Å². The molecule has 2 heterocycles. The van der Waals surface area contributed by atoms with E-state index >= 15 is 0 Å². The molecule has 26 heavy (non-hydrogen) atoms. The lowest BCUT2D eigenvalue weighted by Crippen LogP contribution is -2.14. The zero-order valence-corrected chi connectivity index (χ0v) is 14.4. The second-order valence-electron chi connectivity index (χ2n) is 6.90. The molecule has 0 aliphatic heterocycles. The minimum Gasteiger partial charge on any atom is -0.310 e. The van der Waals surface area contributed by atoms with E-state index in [2.05, 4.69) is 51.8 Å². The minimum atomic E-state index is 0.0803. The van der Waals surface area contributed by atoms with Gasteiger partial charge in [0.15, 0.2) is 0 Å². The molecule has 5 rings (SSSR count). The second-order valence-corrected chi connectivity index (χ2v) is 6.90. The number of hydrogen-bond acceptors (Lipinski definition) is 3. The predicted octanol–water partition coefficient (Wildman–Crippen LogP) is 4.14. The number of amides is 1. The molecule has 1 aliphatic rings. The van der Waals surface area contributed by atoms with Gasteiger partial charge in [-0.3, -0.25) is 9.48 Å². The Labute approximate surface area is 150 Å². The highest BCUT2D eigenvalue weighted by atomic mass is 16.2. The quantitative estimate of drug-likeness (QED) is 0.609. The Hall–Kier alpha value is -3.21. The van der Waals surface area contributed by atoms with Crippen molar-refractivity contribution in [2.45, 2.75) is 12.8 Å². The maximum Gasteiger partial charge on any atom is 0.228 e. The normalized spacial score (nSPS) is 14.0. The predicted molar refractivity (Wildman–Crippen MR) is 103 cm³/mol. The number of aromatic nitrogens is 3. The summed E-state index contributed by atoms with van der Waals surface area (Å²) in [5, 5.41) is 10.5. The van der Waals surface area contributed by atoms with E-state index in [1.54, 1.807) is 0 Å². The molecule has 2 aromatic heterocycles. The highest BCUT2D eigenvalue weighted by molar-refractivity contribution is 5.99. The first-order valence-electron chi connectivity index (χ1n) is 8.81. The maximum atomic E-state index is 11.9. The molecule has 0 unspecified atom stereocenters. The van der Waals surface area contributed by atoms with Crippen molar-refractivity contribution < 1.29 is 4.79 Å². The van der Waals surface area contributed by atoms with Crippen LogP contribution in [0.4, 0.5) is 5.82 Å². The van der Waals surface area contributed by atoms with E-state index in [4.69, 9.17) is 0 Å². The van der Waals surface area contributed by atoms with Crippen molar-refractivity contribution in [3.63, 3.8) is 0 Å². The van der Waals surface area contributed by atoms with Crippen molar-refractivity contribution in [3.05, 3.63) is 54.9 Å². The second kappa shape index (κ2) is 5.66. The van der Waals surface area contributed by atoms with Crippen LogP contribution in [-0.2, 0) is 11.8 Å². The summed E-state index contributed by atoms with van der Waals surface area (Å²) >= 11 is 0. The monoisotopic (exact) mass is 342 g/mol. The molecule has 5 nitrogen and oxygen atoms in total. The van der Waals surface area contributed by atoms with E-state index in [1.807, 2.05) is 30.2 Å². The van der Waals surface area contributed by atoms with Gasteiger partial charge in [-0.2, -0.15) is 5.10 Å². The van der Waals surface area contributed by atoms with E-state index < -0.39 is 0 Å². The summed E-state index contributed by atoms with van der Waals surface area (Å²) in [4.78, 5) is 16.3. The van der Waals surface area contributed by atoms with Crippen LogP contribution in [0, 0.1) is 5.92 Å². The van der Waals surface area contributed by atoms with Crippen LogP contribution in [0.5, 0.6) is 0 Å². The van der Waals surface area contributed by atoms with Gasteiger partial charge in [0.2, 0.25) is 5.91 Å². The van der Waals surface area contributed by atoms with Gasteiger partial charge in [-0.25, -0.2) is 4.98 Å². The van der Waals surface area contributed by atoms with Gasteiger partial charge in [-0.15, -0.1) is 0 Å². The molecule has 5 heteroatoms. The number of carbonyl (C=O) groups is 1. The lowest BCUT2D eigenvalue weighted by Gasteiger charge is -2.08.